The minimum absolute atomic E-state index is 0.0723. The maximum Gasteiger partial charge on any atom is 0.287 e. The number of nitrogens with one attached hydrogen (secondary N) is 1. The van der Waals surface area contributed by atoms with E-state index in [0.29, 0.717) is 5.76 Å². The van der Waals surface area contributed by atoms with Gasteiger partial charge >= 0.3 is 0 Å². The molecule has 1 aliphatic heterocycles. The van der Waals surface area contributed by atoms with Gasteiger partial charge in [-0.1, -0.05) is 30.3 Å². The molecule has 1 unspecified atom stereocenters. The summed E-state index contributed by atoms with van der Waals surface area (Å²) in [6.45, 7) is 4.03. The highest BCUT2D eigenvalue weighted by Gasteiger charge is 2.21. The lowest BCUT2D eigenvalue weighted by molar-refractivity contribution is 0.0331. The zero-order chi connectivity index (χ0) is 15.2. The third-order valence-electron chi connectivity index (χ3n) is 3.80. The maximum atomic E-state index is 12.3. The van der Waals surface area contributed by atoms with Crippen LogP contribution in [0.15, 0.2) is 53.1 Å². The summed E-state index contributed by atoms with van der Waals surface area (Å²) in [6.07, 6.45) is 1.51. The van der Waals surface area contributed by atoms with Crippen LogP contribution in [0.25, 0.3) is 0 Å². The highest BCUT2D eigenvalue weighted by atomic mass is 16.5. The van der Waals surface area contributed by atoms with Gasteiger partial charge in [0.15, 0.2) is 5.76 Å². The number of benzene rings is 1. The summed E-state index contributed by atoms with van der Waals surface area (Å²) in [7, 11) is 0. The fourth-order valence-corrected chi connectivity index (χ4v) is 2.60. The summed E-state index contributed by atoms with van der Waals surface area (Å²) in [5, 5.41) is 3.07. The lowest BCUT2D eigenvalue weighted by Gasteiger charge is -2.31. The fraction of sp³-hybridized carbons (Fsp3) is 0.353. The molecule has 116 valence electrons. The average Bonchev–Trinajstić information content (AvgIpc) is 3.11. The second kappa shape index (κ2) is 7.24. The normalized spacial score (nSPS) is 17.1. The van der Waals surface area contributed by atoms with Crippen molar-refractivity contribution in [3.8, 4) is 0 Å². The smallest absolute Gasteiger partial charge is 0.287 e. The van der Waals surface area contributed by atoms with Crippen molar-refractivity contribution in [2.24, 2.45) is 0 Å². The molecular weight excluding hydrogens is 280 g/mol. The Morgan fingerprint density at radius 2 is 1.91 bits per heavy atom. The van der Waals surface area contributed by atoms with E-state index in [1.54, 1.807) is 12.1 Å². The van der Waals surface area contributed by atoms with E-state index in [2.05, 4.69) is 10.2 Å². The van der Waals surface area contributed by atoms with Gasteiger partial charge in [0.05, 0.1) is 25.5 Å². The first-order valence-electron chi connectivity index (χ1n) is 7.52. The van der Waals surface area contributed by atoms with Crippen molar-refractivity contribution in [1.82, 2.24) is 10.2 Å². The first-order valence-corrected chi connectivity index (χ1v) is 7.52. The largest absolute Gasteiger partial charge is 0.459 e. The highest BCUT2D eigenvalue weighted by molar-refractivity contribution is 5.91. The standard InChI is InChI=1S/C17H20N2O3/c20-17(16-7-4-10-22-16)18-15(14-5-2-1-3-6-14)13-19-8-11-21-12-9-19/h1-7,10,15H,8-9,11-13H2,(H,18,20). The third kappa shape index (κ3) is 3.75. The molecular formula is C17H20N2O3. The molecule has 0 radical (unpaired) electrons. The molecule has 1 N–H and O–H groups in total. The predicted octanol–water partition coefficient (Wildman–Crippen LogP) is 2.08. The topological polar surface area (TPSA) is 54.7 Å². The Kier molecular flexibility index (Phi) is 4.88. The number of nitrogens with zero attached hydrogens (tertiary/aromatic N) is 1. The number of rotatable bonds is 5. The number of hydrogen-bond donors (Lipinski definition) is 1. The van der Waals surface area contributed by atoms with Crippen molar-refractivity contribution in [2.75, 3.05) is 32.8 Å². The SMILES string of the molecule is O=C(NC(CN1CCOCC1)c1ccccc1)c1ccco1. The Morgan fingerprint density at radius 1 is 1.14 bits per heavy atom. The van der Waals surface area contributed by atoms with E-state index in [9.17, 15) is 4.79 Å². The molecule has 22 heavy (non-hydrogen) atoms. The molecule has 5 heteroatoms. The van der Waals surface area contributed by atoms with Gasteiger partial charge in [-0.2, -0.15) is 0 Å². The van der Waals surface area contributed by atoms with Crippen LogP contribution in [0.1, 0.15) is 22.2 Å². The summed E-state index contributed by atoms with van der Waals surface area (Å²) < 4.78 is 10.6. The van der Waals surface area contributed by atoms with Gasteiger partial charge in [-0.05, 0) is 17.7 Å². The van der Waals surface area contributed by atoms with Crippen LogP contribution in [0.4, 0.5) is 0 Å². The van der Waals surface area contributed by atoms with E-state index < -0.39 is 0 Å². The third-order valence-corrected chi connectivity index (χ3v) is 3.80. The quantitative estimate of drug-likeness (QED) is 0.918. The van der Waals surface area contributed by atoms with E-state index >= 15 is 0 Å². The lowest BCUT2D eigenvalue weighted by atomic mass is 10.1. The highest BCUT2D eigenvalue weighted by Crippen LogP contribution is 2.16. The van der Waals surface area contributed by atoms with Gasteiger partial charge in [-0.3, -0.25) is 9.69 Å². The molecule has 1 aromatic heterocycles. The van der Waals surface area contributed by atoms with Crippen molar-refractivity contribution >= 4 is 5.91 Å². The molecule has 0 bridgehead atoms. The minimum Gasteiger partial charge on any atom is -0.459 e. The summed E-state index contributed by atoms with van der Waals surface area (Å²) in [6, 6.07) is 13.3. The van der Waals surface area contributed by atoms with E-state index in [1.807, 2.05) is 30.3 Å². The molecule has 0 aliphatic carbocycles. The number of hydrogen-bond acceptors (Lipinski definition) is 4. The van der Waals surface area contributed by atoms with E-state index in [0.717, 1.165) is 38.4 Å². The second-order valence-corrected chi connectivity index (χ2v) is 5.33. The minimum atomic E-state index is -0.188. The summed E-state index contributed by atoms with van der Waals surface area (Å²) >= 11 is 0. The van der Waals surface area contributed by atoms with Gasteiger partial charge in [-0.25, -0.2) is 0 Å². The Hall–Kier alpha value is -2.11. The Balaban J connectivity index is 1.72. The summed E-state index contributed by atoms with van der Waals surface area (Å²) in [5.74, 6) is 0.148. The summed E-state index contributed by atoms with van der Waals surface area (Å²) in [4.78, 5) is 14.6. The van der Waals surface area contributed by atoms with E-state index in [4.69, 9.17) is 9.15 Å². The molecule has 5 nitrogen and oxygen atoms in total. The van der Waals surface area contributed by atoms with Crippen LogP contribution < -0.4 is 5.32 Å². The molecule has 1 saturated heterocycles. The number of carbonyl (C=O) groups excluding carboxylic acids is 1. The van der Waals surface area contributed by atoms with Crippen LogP contribution >= 0.6 is 0 Å². The number of morpholine rings is 1. The molecule has 2 aromatic rings. The van der Waals surface area contributed by atoms with Crippen LogP contribution in [0.2, 0.25) is 0 Å². The van der Waals surface area contributed by atoms with Gasteiger partial charge in [-0.15, -0.1) is 0 Å². The van der Waals surface area contributed by atoms with Gasteiger partial charge in [0.1, 0.15) is 0 Å². The maximum absolute atomic E-state index is 12.3. The number of carbonyl (C=O) groups is 1. The predicted molar refractivity (Wildman–Crippen MR) is 82.6 cm³/mol. The van der Waals surface area contributed by atoms with Crippen LogP contribution in [-0.2, 0) is 4.74 Å². The Labute approximate surface area is 129 Å². The van der Waals surface area contributed by atoms with E-state index in [-0.39, 0.29) is 11.9 Å². The van der Waals surface area contributed by atoms with Gasteiger partial charge < -0.3 is 14.5 Å². The molecule has 3 rings (SSSR count). The molecule has 1 amide bonds. The second-order valence-electron chi connectivity index (χ2n) is 5.33. The van der Waals surface area contributed by atoms with E-state index in [1.165, 1.54) is 6.26 Å². The molecule has 2 heterocycles. The number of ether oxygens (including phenoxy) is 1. The zero-order valence-corrected chi connectivity index (χ0v) is 12.4. The molecule has 1 fully saturated rings. The monoisotopic (exact) mass is 300 g/mol. The van der Waals surface area contributed by atoms with Crippen molar-refractivity contribution in [3.05, 3.63) is 60.1 Å². The number of furan rings is 1. The Bertz CT molecular complexity index is 577. The van der Waals surface area contributed by atoms with Gasteiger partial charge in [0.25, 0.3) is 5.91 Å². The molecule has 1 aromatic carbocycles. The fourth-order valence-electron chi connectivity index (χ4n) is 2.60. The van der Waals surface area contributed by atoms with Crippen molar-refractivity contribution in [1.29, 1.82) is 0 Å². The van der Waals surface area contributed by atoms with Crippen molar-refractivity contribution in [2.45, 2.75) is 6.04 Å². The van der Waals surface area contributed by atoms with Gasteiger partial charge in [0.2, 0.25) is 0 Å². The first kappa shape index (κ1) is 14.8. The van der Waals surface area contributed by atoms with Gasteiger partial charge in [0, 0.05) is 19.6 Å². The van der Waals surface area contributed by atoms with Crippen molar-refractivity contribution < 1.29 is 13.9 Å². The molecule has 0 saturated carbocycles. The van der Waals surface area contributed by atoms with Crippen molar-refractivity contribution in [3.63, 3.8) is 0 Å². The van der Waals surface area contributed by atoms with Crippen LogP contribution in [0, 0.1) is 0 Å². The zero-order valence-electron chi connectivity index (χ0n) is 12.4. The first-order chi connectivity index (χ1) is 10.8. The summed E-state index contributed by atoms with van der Waals surface area (Å²) in [5.41, 5.74) is 1.09. The van der Waals surface area contributed by atoms with Crippen LogP contribution in [-0.4, -0.2) is 43.7 Å². The van der Waals surface area contributed by atoms with Crippen LogP contribution in [0.5, 0.6) is 0 Å². The Morgan fingerprint density at radius 3 is 2.59 bits per heavy atom. The number of amides is 1. The molecule has 1 atom stereocenters. The molecule has 1 aliphatic rings. The average molecular weight is 300 g/mol. The molecule has 0 spiro atoms. The van der Waals surface area contributed by atoms with Crippen LogP contribution in [0.3, 0.4) is 0 Å². The lowest BCUT2D eigenvalue weighted by Crippen LogP contribution is -2.43.